The number of ether oxygens (including phenoxy) is 3. The molecular weight excluding hydrogens is 334 g/mol. The topological polar surface area (TPSA) is 80.9 Å². The van der Waals surface area contributed by atoms with E-state index >= 15 is 0 Å². The molecule has 1 fully saturated rings. The van der Waals surface area contributed by atoms with E-state index in [1.807, 2.05) is 24.3 Å². The summed E-state index contributed by atoms with van der Waals surface area (Å²) in [6, 6.07) is 12.7. The third kappa shape index (κ3) is 3.89. The van der Waals surface area contributed by atoms with Crippen molar-refractivity contribution >= 4 is 11.6 Å². The molecule has 7 heteroatoms. The Labute approximate surface area is 152 Å². The zero-order valence-electron chi connectivity index (χ0n) is 15.0. The first-order valence-electron chi connectivity index (χ1n) is 8.32. The van der Waals surface area contributed by atoms with Gasteiger partial charge >= 0.3 is 0 Å². The summed E-state index contributed by atoms with van der Waals surface area (Å²) in [5.74, 6) is 1.87. The molecule has 1 aliphatic rings. The molecule has 1 aliphatic heterocycles. The summed E-state index contributed by atoms with van der Waals surface area (Å²) in [5.41, 5.74) is 7.89. The zero-order chi connectivity index (χ0) is 18.5. The number of carbonyl (C=O) groups excluding carboxylic acids is 1. The summed E-state index contributed by atoms with van der Waals surface area (Å²) < 4.78 is 15.8. The van der Waals surface area contributed by atoms with E-state index in [1.54, 1.807) is 39.5 Å². The van der Waals surface area contributed by atoms with Crippen molar-refractivity contribution in [2.45, 2.75) is 18.5 Å². The molecule has 0 radical (unpaired) electrons. The van der Waals surface area contributed by atoms with Crippen LogP contribution in [0.3, 0.4) is 0 Å². The molecule has 1 amide bonds. The van der Waals surface area contributed by atoms with Gasteiger partial charge in [0.15, 0.2) is 0 Å². The van der Waals surface area contributed by atoms with Gasteiger partial charge in [0.1, 0.15) is 23.3 Å². The minimum Gasteiger partial charge on any atom is -0.497 e. The normalized spacial score (nSPS) is 19.0. The smallest absolute Gasteiger partial charge is 0.243 e. The highest BCUT2D eigenvalue weighted by molar-refractivity contribution is 5.96. The van der Waals surface area contributed by atoms with Gasteiger partial charge in [-0.3, -0.25) is 4.79 Å². The summed E-state index contributed by atoms with van der Waals surface area (Å²) in [6.07, 6.45) is 0.622. The molecule has 0 saturated carbocycles. The number of carbonyl (C=O) groups is 1. The van der Waals surface area contributed by atoms with E-state index in [-0.39, 0.29) is 18.0 Å². The highest BCUT2D eigenvalue weighted by Crippen LogP contribution is 2.30. The summed E-state index contributed by atoms with van der Waals surface area (Å²) in [5, 5.41) is 2.90. The maximum Gasteiger partial charge on any atom is 0.243 e. The van der Waals surface area contributed by atoms with E-state index in [1.165, 1.54) is 0 Å². The quantitative estimate of drug-likeness (QED) is 0.736. The molecule has 0 aliphatic carbocycles. The lowest BCUT2D eigenvalue weighted by atomic mass is 10.0. The van der Waals surface area contributed by atoms with Crippen LogP contribution in [0.15, 0.2) is 42.5 Å². The average Bonchev–Trinajstić information content (AvgIpc) is 3.18. The zero-order valence-corrected chi connectivity index (χ0v) is 15.0. The van der Waals surface area contributed by atoms with Gasteiger partial charge in [-0.15, -0.1) is 0 Å². The van der Waals surface area contributed by atoms with Gasteiger partial charge in [0.25, 0.3) is 0 Å². The molecule has 2 aromatic rings. The number of hydrogen-bond acceptors (Lipinski definition) is 6. The molecule has 1 heterocycles. The monoisotopic (exact) mass is 357 g/mol. The first-order chi connectivity index (χ1) is 12.6. The fraction of sp³-hybridized carbons (Fsp3) is 0.316. The molecule has 3 N–H and O–H groups in total. The lowest BCUT2D eigenvalue weighted by Gasteiger charge is -2.14. The second kappa shape index (κ2) is 8.07. The molecule has 0 aromatic heterocycles. The summed E-state index contributed by atoms with van der Waals surface area (Å²) in [7, 11) is 4.77. The SMILES string of the molecule is COc1cccc(C2CC(C(=O)Nc3ccc(OC)cc3OC)NN2)c1. The number of rotatable bonds is 6. The minimum atomic E-state index is -0.363. The molecule has 0 bridgehead atoms. The maximum atomic E-state index is 12.6. The molecule has 26 heavy (non-hydrogen) atoms. The van der Waals surface area contributed by atoms with Crippen molar-refractivity contribution in [3.8, 4) is 17.2 Å². The van der Waals surface area contributed by atoms with Crippen molar-refractivity contribution < 1.29 is 19.0 Å². The molecule has 2 aromatic carbocycles. The number of anilines is 1. The average molecular weight is 357 g/mol. The van der Waals surface area contributed by atoms with Crippen LogP contribution in [-0.4, -0.2) is 33.3 Å². The molecule has 0 spiro atoms. The Bertz CT molecular complexity index is 781. The Balaban J connectivity index is 1.66. The Morgan fingerprint density at radius 1 is 1.00 bits per heavy atom. The highest BCUT2D eigenvalue weighted by atomic mass is 16.5. The van der Waals surface area contributed by atoms with Crippen molar-refractivity contribution in [1.29, 1.82) is 0 Å². The Morgan fingerprint density at radius 2 is 1.77 bits per heavy atom. The van der Waals surface area contributed by atoms with Gasteiger partial charge in [-0.05, 0) is 36.2 Å². The number of hydrazine groups is 1. The standard InChI is InChI=1S/C19H23N3O4/c1-24-13-6-4-5-12(9-13)16-11-17(22-21-16)19(23)20-15-8-7-14(25-2)10-18(15)26-3/h4-10,16-17,21-22H,11H2,1-3H3,(H,20,23). The third-order valence-corrected chi connectivity index (χ3v) is 4.38. The van der Waals surface area contributed by atoms with Gasteiger partial charge in [0, 0.05) is 12.1 Å². The predicted molar refractivity (Wildman–Crippen MR) is 98.6 cm³/mol. The number of benzene rings is 2. The van der Waals surface area contributed by atoms with Crippen LogP contribution in [0.25, 0.3) is 0 Å². The molecule has 2 atom stereocenters. The van der Waals surface area contributed by atoms with Gasteiger partial charge in [-0.2, -0.15) is 0 Å². The lowest BCUT2D eigenvalue weighted by molar-refractivity contribution is -0.117. The van der Waals surface area contributed by atoms with Crippen LogP contribution in [0, 0.1) is 0 Å². The maximum absolute atomic E-state index is 12.6. The first-order valence-corrected chi connectivity index (χ1v) is 8.32. The summed E-state index contributed by atoms with van der Waals surface area (Å²) in [6.45, 7) is 0. The molecule has 138 valence electrons. The van der Waals surface area contributed by atoms with Gasteiger partial charge in [0.05, 0.1) is 27.0 Å². The third-order valence-electron chi connectivity index (χ3n) is 4.38. The van der Waals surface area contributed by atoms with E-state index in [0.29, 0.717) is 23.6 Å². The van der Waals surface area contributed by atoms with Crippen LogP contribution < -0.4 is 30.4 Å². The van der Waals surface area contributed by atoms with Crippen LogP contribution >= 0.6 is 0 Å². The van der Waals surface area contributed by atoms with Crippen LogP contribution in [0.1, 0.15) is 18.0 Å². The number of hydrogen-bond donors (Lipinski definition) is 3. The van der Waals surface area contributed by atoms with Gasteiger partial charge in [-0.1, -0.05) is 12.1 Å². The second-order valence-electron chi connectivity index (χ2n) is 5.96. The molecule has 3 rings (SSSR count). The van der Waals surface area contributed by atoms with Crippen LogP contribution in [0.5, 0.6) is 17.2 Å². The number of methoxy groups -OCH3 is 3. The van der Waals surface area contributed by atoms with Crippen molar-refractivity contribution in [2.24, 2.45) is 0 Å². The minimum absolute atomic E-state index is 0.0265. The van der Waals surface area contributed by atoms with Crippen molar-refractivity contribution in [1.82, 2.24) is 10.9 Å². The second-order valence-corrected chi connectivity index (χ2v) is 5.96. The Kier molecular flexibility index (Phi) is 5.60. The van der Waals surface area contributed by atoms with E-state index in [9.17, 15) is 4.79 Å². The van der Waals surface area contributed by atoms with Crippen molar-refractivity contribution in [2.75, 3.05) is 26.6 Å². The van der Waals surface area contributed by atoms with Crippen LogP contribution in [-0.2, 0) is 4.79 Å². The Hall–Kier alpha value is -2.77. The lowest BCUT2D eigenvalue weighted by Crippen LogP contribution is -2.39. The molecule has 2 unspecified atom stereocenters. The van der Waals surface area contributed by atoms with Gasteiger partial charge in [-0.25, -0.2) is 10.9 Å². The molecule has 1 saturated heterocycles. The fourth-order valence-corrected chi connectivity index (χ4v) is 2.93. The number of nitrogens with one attached hydrogen (secondary N) is 3. The van der Waals surface area contributed by atoms with Crippen LogP contribution in [0.4, 0.5) is 5.69 Å². The van der Waals surface area contributed by atoms with Crippen LogP contribution in [0.2, 0.25) is 0 Å². The predicted octanol–water partition coefficient (Wildman–Crippen LogP) is 2.26. The number of amides is 1. The summed E-state index contributed by atoms with van der Waals surface area (Å²) in [4.78, 5) is 12.6. The van der Waals surface area contributed by atoms with E-state index in [4.69, 9.17) is 14.2 Å². The highest BCUT2D eigenvalue weighted by Gasteiger charge is 2.30. The first kappa shape index (κ1) is 18.0. The van der Waals surface area contributed by atoms with E-state index in [2.05, 4.69) is 16.2 Å². The van der Waals surface area contributed by atoms with Crippen molar-refractivity contribution in [3.05, 3.63) is 48.0 Å². The van der Waals surface area contributed by atoms with Crippen molar-refractivity contribution in [3.63, 3.8) is 0 Å². The Morgan fingerprint density at radius 3 is 2.50 bits per heavy atom. The fourth-order valence-electron chi connectivity index (χ4n) is 2.93. The van der Waals surface area contributed by atoms with Gasteiger partial charge in [0.2, 0.25) is 5.91 Å². The summed E-state index contributed by atoms with van der Waals surface area (Å²) >= 11 is 0. The largest absolute Gasteiger partial charge is 0.497 e. The van der Waals surface area contributed by atoms with E-state index < -0.39 is 0 Å². The molecule has 7 nitrogen and oxygen atoms in total. The van der Waals surface area contributed by atoms with Gasteiger partial charge < -0.3 is 19.5 Å². The van der Waals surface area contributed by atoms with E-state index in [0.717, 1.165) is 11.3 Å². The molecular formula is C19H23N3O4.